The van der Waals surface area contributed by atoms with Gasteiger partial charge in [0.25, 0.3) is 0 Å². The Morgan fingerprint density at radius 1 is 1.28 bits per heavy atom. The number of oxime groups is 1. The van der Waals surface area contributed by atoms with Gasteiger partial charge in [0.1, 0.15) is 5.41 Å². The van der Waals surface area contributed by atoms with Gasteiger partial charge in [0, 0.05) is 13.1 Å². The average Bonchev–Trinajstić information content (AvgIpc) is 3.18. The van der Waals surface area contributed by atoms with E-state index in [1.165, 1.54) is 25.7 Å². The molecule has 2 unspecified atom stereocenters. The molecule has 0 aromatic rings. The van der Waals surface area contributed by atoms with Crippen molar-refractivity contribution in [3.8, 4) is 0 Å². The van der Waals surface area contributed by atoms with Crippen LogP contribution in [0.15, 0.2) is 5.16 Å². The molecule has 0 radical (unpaired) electrons. The number of nitrogens with zero attached hydrogens (tertiary/aromatic N) is 2. The minimum Gasteiger partial charge on any atom is -0.409 e. The number of fused-ring (bicyclic) bond motifs is 2. The van der Waals surface area contributed by atoms with Gasteiger partial charge in [0.05, 0.1) is 0 Å². The number of amidine groups is 1. The Labute approximate surface area is 107 Å². The third-order valence-electron chi connectivity index (χ3n) is 4.89. The predicted octanol–water partition coefficient (Wildman–Crippen LogP) is 1.16. The third kappa shape index (κ3) is 1.76. The highest BCUT2D eigenvalue weighted by atomic mass is 16.4. The molecular formula is C13H21N3O2. The number of hydrogen-bond acceptors (Lipinski definition) is 3. The van der Waals surface area contributed by atoms with E-state index in [1.807, 2.05) is 4.90 Å². The molecule has 1 heterocycles. The lowest BCUT2D eigenvalue weighted by Gasteiger charge is -2.42. The standard InChI is InChI=1S/C13H21N3O2/c14-11(15-18)13(4-5-13)12(17)16-7-9-2-1-3-10(6-9)8-16/h9-10,18H,1-8H2,(H2,14,15). The van der Waals surface area contributed by atoms with E-state index in [2.05, 4.69) is 5.16 Å². The Hall–Kier alpha value is -1.26. The summed E-state index contributed by atoms with van der Waals surface area (Å²) in [5, 5.41) is 11.9. The van der Waals surface area contributed by atoms with Crippen molar-refractivity contribution >= 4 is 11.7 Å². The average molecular weight is 251 g/mol. The molecule has 2 atom stereocenters. The molecular weight excluding hydrogens is 230 g/mol. The topological polar surface area (TPSA) is 78.9 Å². The van der Waals surface area contributed by atoms with Crippen molar-refractivity contribution < 1.29 is 10.0 Å². The van der Waals surface area contributed by atoms with Gasteiger partial charge in [0.2, 0.25) is 5.91 Å². The van der Waals surface area contributed by atoms with Crippen LogP contribution in [0.3, 0.4) is 0 Å². The van der Waals surface area contributed by atoms with Crippen LogP contribution < -0.4 is 5.73 Å². The Bertz CT molecular complexity index is 378. The number of hydrogen-bond donors (Lipinski definition) is 2. The Kier molecular flexibility index (Phi) is 2.72. The van der Waals surface area contributed by atoms with E-state index >= 15 is 0 Å². The van der Waals surface area contributed by atoms with Crippen LogP contribution in [-0.2, 0) is 4.79 Å². The molecule has 3 aliphatic rings. The van der Waals surface area contributed by atoms with E-state index in [-0.39, 0.29) is 11.7 Å². The first-order valence-corrected chi connectivity index (χ1v) is 6.93. The van der Waals surface area contributed by atoms with Crippen LogP contribution in [0.4, 0.5) is 0 Å². The second-order valence-electron chi connectivity index (χ2n) is 6.18. The molecule has 5 heteroatoms. The molecule has 18 heavy (non-hydrogen) atoms. The lowest BCUT2D eigenvalue weighted by atomic mass is 9.77. The lowest BCUT2D eigenvalue weighted by Crippen LogP contribution is -2.50. The molecule has 1 amide bonds. The van der Waals surface area contributed by atoms with E-state index in [9.17, 15) is 4.79 Å². The Morgan fingerprint density at radius 2 is 1.89 bits per heavy atom. The first-order chi connectivity index (χ1) is 8.65. The van der Waals surface area contributed by atoms with Gasteiger partial charge < -0.3 is 15.8 Å². The summed E-state index contributed by atoms with van der Waals surface area (Å²) >= 11 is 0. The van der Waals surface area contributed by atoms with E-state index in [0.29, 0.717) is 11.8 Å². The van der Waals surface area contributed by atoms with Crippen LogP contribution >= 0.6 is 0 Å². The van der Waals surface area contributed by atoms with E-state index in [1.54, 1.807) is 0 Å². The molecule has 3 fully saturated rings. The highest BCUT2D eigenvalue weighted by Crippen LogP contribution is 2.48. The third-order valence-corrected chi connectivity index (χ3v) is 4.89. The smallest absolute Gasteiger partial charge is 0.236 e. The van der Waals surface area contributed by atoms with Crippen molar-refractivity contribution in [3.05, 3.63) is 0 Å². The first-order valence-electron chi connectivity index (χ1n) is 6.93. The maximum absolute atomic E-state index is 12.6. The molecule has 5 nitrogen and oxygen atoms in total. The van der Waals surface area contributed by atoms with E-state index < -0.39 is 5.41 Å². The summed E-state index contributed by atoms with van der Waals surface area (Å²) in [6.45, 7) is 1.74. The van der Waals surface area contributed by atoms with Crippen LogP contribution in [0, 0.1) is 17.3 Å². The van der Waals surface area contributed by atoms with Gasteiger partial charge in [-0.25, -0.2) is 0 Å². The molecule has 1 saturated heterocycles. The van der Waals surface area contributed by atoms with Gasteiger partial charge in [-0.2, -0.15) is 0 Å². The highest BCUT2D eigenvalue weighted by molar-refractivity contribution is 6.09. The SMILES string of the molecule is NC(=NO)C1(C(=O)N2CC3CCCC(C3)C2)CC1. The fourth-order valence-electron chi connectivity index (χ4n) is 3.70. The Morgan fingerprint density at radius 3 is 2.39 bits per heavy atom. The van der Waals surface area contributed by atoms with Crippen molar-refractivity contribution in [1.82, 2.24) is 4.90 Å². The van der Waals surface area contributed by atoms with Crippen molar-refractivity contribution in [2.24, 2.45) is 28.1 Å². The summed E-state index contributed by atoms with van der Waals surface area (Å²) < 4.78 is 0. The van der Waals surface area contributed by atoms with Gasteiger partial charge in [0.15, 0.2) is 5.84 Å². The van der Waals surface area contributed by atoms with Crippen molar-refractivity contribution in [2.75, 3.05) is 13.1 Å². The fraction of sp³-hybridized carbons (Fsp3) is 0.846. The molecule has 3 rings (SSSR count). The zero-order chi connectivity index (χ0) is 12.8. The van der Waals surface area contributed by atoms with Gasteiger partial charge in [-0.05, 0) is 43.9 Å². The number of amides is 1. The fourth-order valence-corrected chi connectivity index (χ4v) is 3.70. The summed E-state index contributed by atoms with van der Waals surface area (Å²) in [4.78, 5) is 14.5. The van der Waals surface area contributed by atoms with Crippen LogP contribution in [0.25, 0.3) is 0 Å². The zero-order valence-electron chi connectivity index (χ0n) is 10.6. The van der Waals surface area contributed by atoms with Crippen molar-refractivity contribution in [2.45, 2.75) is 38.5 Å². The molecule has 1 aliphatic heterocycles. The summed E-state index contributed by atoms with van der Waals surface area (Å²) in [6, 6.07) is 0. The molecule has 0 aromatic heterocycles. The molecule has 0 aromatic carbocycles. The molecule has 2 saturated carbocycles. The lowest BCUT2D eigenvalue weighted by molar-refractivity contribution is -0.138. The minimum atomic E-state index is -0.666. The largest absolute Gasteiger partial charge is 0.409 e. The minimum absolute atomic E-state index is 0.0920. The van der Waals surface area contributed by atoms with Crippen LogP contribution in [0.5, 0.6) is 0 Å². The number of carbonyl (C=O) groups is 1. The second kappa shape index (κ2) is 4.14. The maximum Gasteiger partial charge on any atom is 0.236 e. The number of nitrogens with two attached hydrogens (primary N) is 1. The number of piperidine rings is 1. The number of likely N-dealkylation sites (tertiary alicyclic amines) is 1. The number of carbonyl (C=O) groups excluding carboxylic acids is 1. The quantitative estimate of drug-likeness (QED) is 0.334. The molecule has 2 aliphatic carbocycles. The highest BCUT2D eigenvalue weighted by Gasteiger charge is 2.56. The number of rotatable bonds is 2. The molecule has 100 valence electrons. The summed E-state index contributed by atoms with van der Waals surface area (Å²) in [5.74, 6) is 1.53. The molecule has 0 spiro atoms. The predicted molar refractivity (Wildman–Crippen MR) is 67.1 cm³/mol. The van der Waals surface area contributed by atoms with E-state index in [4.69, 9.17) is 10.9 Å². The summed E-state index contributed by atoms with van der Waals surface area (Å²) in [6.07, 6.45) is 6.54. The van der Waals surface area contributed by atoms with Crippen LogP contribution in [0.2, 0.25) is 0 Å². The summed E-state index contributed by atoms with van der Waals surface area (Å²) in [7, 11) is 0. The summed E-state index contributed by atoms with van der Waals surface area (Å²) in [5.41, 5.74) is 5.02. The van der Waals surface area contributed by atoms with Crippen LogP contribution in [0.1, 0.15) is 38.5 Å². The molecule has 2 bridgehead atoms. The van der Waals surface area contributed by atoms with Crippen molar-refractivity contribution in [3.63, 3.8) is 0 Å². The second-order valence-corrected chi connectivity index (χ2v) is 6.18. The molecule has 3 N–H and O–H groups in total. The Balaban J connectivity index is 1.73. The first kappa shape index (κ1) is 11.8. The van der Waals surface area contributed by atoms with E-state index in [0.717, 1.165) is 25.9 Å². The van der Waals surface area contributed by atoms with Gasteiger partial charge in [-0.3, -0.25) is 4.79 Å². The zero-order valence-corrected chi connectivity index (χ0v) is 10.6. The van der Waals surface area contributed by atoms with Crippen molar-refractivity contribution in [1.29, 1.82) is 0 Å². The van der Waals surface area contributed by atoms with Gasteiger partial charge >= 0.3 is 0 Å². The van der Waals surface area contributed by atoms with Crippen LogP contribution in [-0.4, -0.2) is 34.9 Å². The monoisotopic (exact) mass is 251 g/mol. The normalized spacial score (nSPS) is 34.2. The van der Waals surface area contributed by atoms with Gasteiger partial charge in [-0.15, -0.1) is 0 Å². The van der Waals surface area contributed by atoms with Gasteiger partial charge in [-0.1, -0.05) is 11.6 Å². The maximum atomic E-state index is 12.6.